The molecular weight excluding hydrogens is 248 g/mol. The number of rotatable bonds is 5. The Bertz CT molecular complexity index is 394. The summed E-state index contributed by atoms with van der Waals surface area (Å²) in [5, 5.41) is 7.59. The van der Waals surface area contributed by atoms with Gasteiger partial charge in [0.05, 0.1) is 6.54 Å². The molecule has 100 valence electrons. The van der Waals surface area contributed by atoms with E-state index in [1.54, 1.807) is 11.3 Å². The maximum Gasteiger partial charge on any atom is 0.220 e. The molecule has 0 atom stereocenters. The van der Waals surface area contributed by atoms with Gasteiger partial charge in [0.2, 0.25) is 11.8 Å². The third kappa shape index (κ3) is 6.39. The predicted molar refractivity (Wildman–Crippen MR) is 73.3 cm³/mol. The molecule has 18 heavy (non-hydrogen) atoms. The zero-order valence-electron chi connectivity index (χ0n) is 11.1. The molecule has 0 saturated heterocycles. The number of carbonyl (C=O) groups excluding carboxylic acids is 2. The molecule has 0 fully saturated rings. The maximum absolute atomic E-state index is 11.5. The van der Waals surface area contributed by atoms with E-state index in [4.69, 9.17) is 0 Å². The topological polar surface area (TPSA) is 58.2 Å². The highest BCUT2D eigenvalue weighted by Crippen LogP contribution is 2.07. The van der Waals surface area contributed by atoms with Crippen molar-refractivity contribution in [3.05, 3.63) is 22.4 Å². The summed E-state index contributed by atoms with van der Waals surface area (Å²) < 4.78 is 0. The minimum absolute atomic E-state index is 0.0891. The second-order valence-electron chi connectivity index (χ2n) is 5.15. The molecule has 0 aromatic carbocycles. The lowest BCUT2D eigenvalue weighted by molar-refractivity contribution is -0.127. The standard InChI is InChI=1S/C13H20N2O2S/c1-13(2,3)15-12(17)7-6-11(16)14-9-10-5-4-8-18-10/h4-5,8H,6-7,9H2,1-3H3,(H,14,16)(H,15,17). The van der Waals surface area contributed by atoms with Crippen LogP contribution < -0.4 is 10.6 Å². The van der Waals surface area contributed by atoms with Crippen LogP contribution in [0, 0.1) is 0 Å². The third-order valence-electron chi connectivity index (χ3n) is 2.13. The summed E-state index contributed by atoms with van der Waals surface area (Å²) in [6.07, 6.45) is 0.459. The predicted octanol–water partition coefficient (Wildman–Crippen LogP) is 2.06. The zero-order chi connectivity index (χ0) is 13.6. The molecule has 0 spiro atoms. The van der Waals surface area contributed by atoms with Crippen LogP contribution in [0.15, 0.2) is 17.5 Å². The van der Waals surface area contributed by atoms with Crippen LogP contribution in [-0.4, -0.2) is 17.4 Å². The summed E-state index contributed by atoms with van der Waals surface area (Å²) >= 11 is 1.60. The van der Waals surface area contributed by atoms with Crippen molar-refractivity contribution >= 4 is 23.2 Å². The van der Waals surface area contributed by atoms with Gasteiger partial charge in [-0.1, -0.05) is 6.07 Å². The van der Waals surface area contributed by atoms with Gasteiger partial charge >= 0.3 is 0 Å². The molecule has 0 aliphatic rings. The van der Waals surface area contributed by atoms with Crippen molar-refractivity contribution in [1.82, 2.24) is 10.6 Å². The van der Waals surface area contributed by atoms with Crippen molar-refractivity contribution in [1.29, 1.82) is 0 Å². The minimum Gasteiger partial charge on any atom is -0.351 e. The molecule has 2 amide bonds. The molecular formula is C13H20N2O2S. The van der Waals surface area contributed by atoms with E-state index in [1.165, 1.54) is 0 Å². The van der Waals surface area contributed by atoms with Crippen LogP contribution in [0.4, 0.5) is 0 Å². The van der Waals surface area contributed by atoms with Crippen LogP contribution in [0.2, 0.25) is 0 Å². The Labute approximate surface area is 112 Å². The van der Waals surface area contributed by atoms with Gasteiger partial charge in [-0.3, -0.25) is 9.59 Å². The van der Waals surface area contributed by atoms with E-state index in [0.29, 0.717) is 6.54 Å². The van der Waals surface area contributed by atoms with Crippen LogP contribution in [0.5, 0.6) is 0 Å². The Kier molecular flexibility index (Phi) is 5.34. The Morgan fingerprint density at radius 2 is 1.89 bits per heavy atom. The van der Waals surface area contributed by atoms with Crippen LogP contribution in [-0.2, 0) is 16.1 Å². The van der Waals surface area contributed by atoms with Gasteiger partial charge in [0, 0.05) is 23.3 Å². The van der Waals surface area contributed by atoms with Crippen molar-refractivity contribution < 1.29 is 9.59 Å². The first-order chi connectivity index (χ1) is 8.37. The molecule has 1 rings (SSSR count). The van der Waals surface area contributed by atoms with Gasteiger partial charge in [-0.2, -0.15) is 0 Å². The van der Waals surface area contributed by atoms with Crippen LogP contribution >= 0.6 is 11.3 Å². The monoisotopic (exact) mass is 268 g/mol. The summed E-state index contributed by atoms with van der Waals surface area (Å²) in [5.74, 6) is -0.179. The molecule has 1 heterocycles. The lowest BCUT2D eigenvalue weighted by atomic mass is 10.1. The van der Waals surface area contributed by atoms with Crippen molar-refractivity contribution in [3.63, 3.8) is 0 Å². The highest BCUT2D eigenvalue weighted by Gasteiger charge is 2.14. The largest absolute Gasteiger partial charge is 0.351 e. The van der Waals surface area contributed by atoms with Gasteiger partial charge in [0.1, 0.15) is 0 Å². The summed E-state index contributed by atoms with van der Waals surface area (Å²) in [6.45, 7) is 6.29. The Morgan fingerprint density at radius 1 is 1.22 bits per heavy atom. The number of nitrogens with one attached hydrogen (secondary N) is 2. The lowest BCUT2D eigenvalue weighted by Crippen LogP contribution is -2.41. The number of carbonyl (C=O) groups is 2. The summed E-state index contributed by atoms with van der Waals surface area (Å²) in [6, 6.07) is 3.92. The van der Waals surface area contributed by atoms with Crippen molar-refractivity contribution in [2.75, 3.05) is 0 Å². The molecule has 1 aromatic heterocycles. The highest BCUT2D eigenvalue weighted by atomic mass is 32.1. The van der Waals surface area contributed by atoms with E-state index >= 15 is 0 Å². The molecule has 0 saturated carbocycles. The third-order valence-corrected chi connectivity index (χ3v) is 3.01. The second kappa shape index (κ2) is 6.54. The quantitative estimate of drug-likeness (QED) is 0.858. The Balaban J connectivity index is 2.19. The average Bonchev–Trinajstić information content (AvgIpc) is 2.74. The minimum atomic E-state index is -0.246. The zero-order valence-corrected chi connectivity index (χ0v) is 11.9. The molecule has 1 aromatic rings. The van der Waals surface area contributed by atoms with Gasteiger partial charge in [-0.15, -0.1) is 11.3 Å². The van der Waals surface area contributed by atoms with Gasteiger partial charge in [0.15, 0.2) is 0 Å². The van der Waals surface area contributed by atoms with Crippen molar-refractivity contribution in [2.24, 2.45) is 0 Å². The van der Waals surface area contributed by atoms with Gasteiger partial charge < -0.3 is 10.6 Å². The summed E-state index contributed by atoms with van der Waals surface area (Å²) in [5.41, 5.74) is -0.246. The summed E-state index contributed by atoms with van der Waals surface area (Å²) in [4.78, 5) is 24.1. The first-order valence-corrected chi connectivity index (χ1v) is 6.85. The fourth-order valence-corrected chi connectivity index (χ4v) is 2.04. The lowest BCUT2D eigenvalue weighted by Gasteiger charge is -2.20. The Morgan fingerprint density at radius 3 is 2.44 bits per heavy atom. The van der Waals surface area contributed by atoms with E-state index in [0.717, 1.165) is 4.88 Å². The number of hydrogen-bond acceptors (Lipinski definition) is 3. The molecule has 0 unspecified atom stereocenters. The van der Waals surface area contributed by atoms with E-state index < -0.39 is 0 Å². The first-order valence-electron chi connectivity index (χ1n) is 5.97. The molecule has 0 aliphatic carbocycles. The molecule has 0 bridgehead atoms. The highest BCUT2D eigenvalue weighted by molar-refractivity contribution is 7.09. The average molecular weight is 268 g/mol. The van der Waals surface area contributed by atoms with Crippen LogP contribution in [0.25, 0.3) is 0 Å². The Hall–Kier alpha value is -1.36. The normalized spacial score (nSPS) is 11.1. The number of hydrogen-bond donors (Lipinski definition) is 2. The number of amides is 2. The maximum atomic E-state index is 11.5. The van der Waals surface area contributed by atoms with Gasteiger partial charge in [-0.25, -0.2) is 0 Å². The smallest absolute Gasteiger partial charge is 0.220 e. The molecule has 2 N–H and O–H groups in total. The fourth-order valence-electron chi connectivity index (χ4n) is 1.40. The molecule has 0 radical (unpaired) electrons. The summed E-state index contributed by atoms with van der Waals surface area (Å²) in [7, 11) is 0. The van der Waals surface area contributed by atoms with Gasteiger partial charge in [-0.05, 0) is 32.2 Å². The molecule has 5 heteroatoms. The van der Waals surface area contributed by atoms with Crippen LogP contribution in [0.3, 0.4) is 0 Å². The van der Waals surface area contributed by atoms with Crippen molar-refractivity contribution in [2.45, 2.75) is 45.7 Å². The van der Waals surface area contributed by atoms with E-state index in [2.05, 4.69) is 10.6 Å². The molecule has 4 nitrogen and oxygen atoms in total. The second-order valence-corrected chi connectivity index (χ2v) is 6.19. The van der Waals surface area contributed by atoms with E-state index in [9.17, 15) is 9.59 Å². The first kappa shape index (κ1) is 14.7. The van der Waals surface area contributed by atoms with E-state index in [-0.39, 0.29) is 30.2 Å². The van der Waals surface area contributed by atoms with Crippen molar-refractivity contribution in [3.8, 4) is 0 Å². The fraction of sp³-hybridized carbons (Fsp3) is 0.538. The molecule has 0 aliphatic heterocycles. The van der Waals surface area contributed by atoms with E-state index in [1.807, 2.05) is 38.3 Å². The SMILES string of the molecule is CC(C)(C)NC(=O)CCC(=O)NCc1cccs1. The number of thiophene rings is 1. The van der Waals surface area contributed by atoms with Crippen LogP contribution in [0.1, 0.15) is 38.5 Å². The van der Waals surface area contributed by atoms with Gasteiger partial charge in [0.25, 0.3) is 0 Å².